The van der Waals surface area contributed by atoms with Crippen LogP contribution in [0.1, 0.15) is 28.4 Å². The van der Waals surface area contributed by atoms with Crippen LogP contribution in [-0.2, 0) is 27.8 Å². The van der Waals surface area contributed by atoms with Crippen molar-refractivity contribution in [2.45, 2.75) is 31.0 Å². The fraction of sp³-hybridized carbons (Fsp3) is 0.316. The van der Waals surface area contributed by atoms with Gasteiger partial charge in [0.15, 0.2) is 5.78 Å². The first-order valence-electron chi connectivity index (χ1n) is 8.13. The van der Waals surface area contributed by atoms with Gasteiger partial charge in [0.2, 0.25) is 10.0 Å². The summed E-state index contributed by atoms with van der Waals surface area (Å²) >= 11 is 0. The van der Waals surface area contributed by atoms with E-state index in [1.54, 1.807) is 7.05 Å². The lowest BCUT2D eigenvalue weighted by Gasteiger charge is -2.28. The highest BCUT2D eigenvalue weighted by Gasteiger charge is 2.26. The van der Waals surface area contributed by atoms with Crippen LogP contribution in [0.2, 0.25) is 0 Å². The SMILES string of the molecule is CC(=O)c1ccc(S(=O)(=O)N(C)CC2Cc3ccccc3CO2)cc1. The lowest BCUT2D eigenvalue weighted by atomic mass is 9.99. The number of hydrogen-bond donors (Lipinski definition) is 0. The number of carbonyl (C=O) groups is 1. The van der Waals surface area contributed by atoms with E-state index in [2.05, 4.69) is 6.07 Å². The van der Waals surface area contributed by atoms with Crippen LogP contribution in [0.4, 0.5) is 0 Å². The van der Waals surface area contributed by atoms with E-state index in [0.29, 0.717) is 18.6 Å². The van der Waals surface area contributed by atoms with Gasteiger partial charge < -0.3 is 4.74 Å². The summed E-state index contributed by atoms with van der Waals surface area (Å²) in [5.74, 6) is -0.0911. The van der Waals surface area contributed by atoms with Crippen LogP contribution < -0.4 is 0 Å². The Labute approximate surface area is 148 Å². The molecule has 0 saturated heterocycles. The smallest absolute Gasteiger partial charge is 0.242 e. The molecule has 0 bridgehead atoms. The molecule has 1 heterocycles. The molecule has 25 heavy (non-hydrogen) atoms. The van der Waals surface area contributed by atoms with E-state index >= 15 is 0 Å². The standard InChI is InChI=1S/C19H21NO4S/c1-14(21)15-7-9-19(10-8-15)25(22,23)20(2)12-18-11-16-5-3-4-6-17(16)13-24-18/h3-10,18H,11-13H2,1-2H3. The molecule has 0 spiro atoms. The van der Waals surface area contributed by atoms with Gasteiger partial charge in [-0.3, -0.25) is 4.79 Å². The van der Waals surface area contributed by atoms with Gasteiger partial charge >= 0.3 is 0 Å². The third-order valence-electron chi connectivity index (χ3n) is 4.47. The lowest BCUT2D eigenvalue weighted by molar-refractivity contribution is 0.0202. The average molecular weight is 359 g/mol. The summed E-state index contributed by atoms with van der Waals surface area (Å²) in [4.78, 5) is 11.5. The first-order valence-corrected chi connectivity index (χ1v) is 9.57. The van der Waals surface area contributed by atoms with Crippen molar-refractivity contribution in [3.8, 4) is 0 Å². The Balaban J connectivity index is 1.72. The number of ketones is 1. The van der Waals surface area contributed by atoms with E-state index in [9.17, 15) is 13.2 Å². The monoisotopic (exact) mass is 359 g/mol. The van der Waals surface area contributed by atoms with Gasteiger partial charge in [0.1, 0.15) is 0 Å². The van der Waals surface area contributed by atoms with E-state index < -0.39 is 10.0 Å². The number of ether oxygens (including phenoxy) is 1. The molecule has 1 aliphatic heterocycles. The van der Waals surface area contributed by atoms with E-state index in [1.807, 2.05) is 18.2 Å². The summed E-state index contributed by atoms with van der Waals surface area (Å²) in [5, 5.41) is 0. The van der Waals surface area contributed by atoms with Gasteiger partial charge in [-0.25, -0.2) is 8.42 Å². The molecule has 0 amide bonds. The molecule has 0 fully saturated rings. The number of sulfonamides is 1. The third kappa shape index (κ3) is 3.81. The number of Topliss-reactive ketones (excluding diaryl/α,β-unsaturated/α-hetero) is 1. The molecule has 0 aromatic heterocycles. The highest BCUT2D eigenvalue weighted by atomic mass is 32.2. The Bertz CT molecular complexity index is 875. The quantitative estimate of drug-likeness (QED) is 0.770. The second kappa shape index (κ2) is 7.07. The fourth-order valence-corrected chi connectivity index (χ4v) is 4.16. The number of likely N-dealkylation sites (N-methyl/N-ethyl adjacent to an activating group) is 1. The van der Waals surface area contributed by atoms with Crippen molar-refractivity contribution in [3.63, 3.8) is 0 Å². The molecule has 3 rings (SSSR count). The Morgan fingerprint density at radius 2 is 1.76 bits per heavy atom. The normalized spacial score (nSPS) is 17.3. The van der Waals surface area contributed by atoms with Crippen molar-refractivity contribution in [2.75, 3.05) is 13.6 Å². The zero-order valence-corrected chi connectivity index (χ0v) is 15.1. The molecule has 0 N–H and O–H groups in total. The summed E-state index contributed by atoms with van der Waals surface area (Å²) in [6.07, 6.45) is 0.519. The van der Waals surface area contributed by atoms with Crippen molar-refractivity contribution < 1.29 is 17.9 Å². The second-order valence-electron chi connectivity index (χ2n) is 6.27. The zero-order valence-electron chi connectivity index (χ0n) is 14.3. The number of rotatable bonds is 5. The van der Waals surface area contributed by atoms with E-state index in [1.165, 1.54) is 41.1 Å². The predicted molar refractivity (Wildman–Crippen MR) is 95.0 cm³/mol. The number of fused-ring (bicyclic) bond motifs is 1. The Morgan fingerprint density at radius 3 is 2.40 bits per heavy atom. The number of carbonyl (C=O) groups excluding carboxylic acids is 1. The van der Waals surface area contributed by atoms with Gasteiger partial charge in [-0.2, -0.15) is 4.31 Å². The number of hydrogen-bond acceptors (Lipinski definition) is 4. The van der Waals surface area contributed by atoms with Gasteiger partial charge in [0, 0.05) is 25.6 Å². The molecule has 6 heteroatoms. The average Bonchev–Trinajstić information content (AvgIpc) is 2.61. The summed E-state index contributed by atoms with van der Waals surface area (Å²) in [5.41, 5.74) is 2.85. The first kappa shape index (κ1) is 17.8. The van der Waals surface area contributed by atoms with Gasteiger partial charge in [0.25, 0.3) is 0 Å². The van der Waals surface area contributed by atoms with Crippen molar-refractivity contribution in [2.24, 2.45) is 0 Å². The summed E-state index contributed by atoms with van der Waals surface area (Å²) in [6.45, 7) is 2.24. The minimum Gasteiger partial charge on any atom is -0.372 e. The van der Waals surface area contributed by atoms with Crippen molar-refractivity contribution in [1.82, 2.24) is 4.31 Å². The maximum Gasteiger partial charge on any atom is 0.242 e. The molecule has 132 valence electrons. The van der Waals surface area contributed by atoms with Crippen LogP contribution in [0.5, 0.6) is 0 Å². The van der Waals surface area contributed by atoms with Crippen LogP contribution >= 0.6 is 0 Å². The molecule has 2 aromatic rings. The number of nitrogens with zero attached hydrogens (tertiary/aromatic N) is 1. The summed E-state index contributed by atoms with van der Waals surface area (Å²) < 4.78 is 32.6. The predicted octanol–water partition coefficient (Wildman–Crippen LogP) is 2.65. The molecule has 5 nitrogen and oxygen atoms in total. The number of benzene rings is 2. The topological polar surface area (TPSA) is 63.7 Å². The molecule has 1 atom stereocenters. The van der Waals surface area contributed by atoms with Crippen molar-refractivity contribution in [1.29, 1.82) is 0 Å². The molecule has 1 aliphatic rings. The largest absolute Gasteiger partial charge is 0.372 e. The van der Waals surface area contributed by atoms with Gasteiger partial charge in [-0.15, -0.1) is 0 Å². The van der Waals surface area contributed by atoms with Gasteiger partial charge in [-0.05, 0) is 30.2 Å². The third-order valence-corrected chi connectivity index (χ3v) is 6.31. The van der Waals surface area contributed by atoms with Crippen LogP contribution in [0, 0.1) is 0 Å². The molecule has 0 radical (unpaired) electrons. The molecular weight excluding hydrogens is 338 g/mol. The van der Waals surface area contributed by atoms with E-state index in [-0.39, 0.29) is 23.3 Å². The molecule has 0 saturated carbocycles. The Kier molecular flexibility index (Phi) is 5.03. The molecular formula is C19H21NO4S. The Morgan fingerprint density at radius 1 is 1.12 bits per heavy atom. The first-order chi connectivity index (χ1) is 11.9. The summed E-state index contributed by atoms with van der Waals surface area (Å²) in [6, 6.07) is 14.1. The van der Waals surface area contributed by atoms with Crippen LogP contribution in [-0.4, -0.2) is 38.2 Å². The fourth-order valence-electron chi connectivity index (χ4n) is 2.95. The zero-order chi connectivity index (χ0) is 18.0. The van der Waals surface area contributed by atoms with E-state index in [0.717, 1.165) is 5.56 Å². The van der Waals surface area contributed by atoms with Crippen molar-refractivity contribution in [3.05, 3.63) is 65.2 Å². The Hall–Kier alpha value is -2.02. The highest BCUT2D eigenvalue weighted by Crippen LogP contribution is 2.22. The molecule has 2 aromatic carbocycles. The van der Waals surface area contributed by atoms with Crippen LogP contribution in [0.25, 0.3) is 0 Å². The van der Waals surface area contributed by atoms with Crippen LogP contribution in [0.15, 0.2) is 53.4 Å². The van der Waals surface area contributed by atoms with Crippen molar-refractivity contribution >= 4 is 15.8 Å². The molecule has 1 unspecified atom stereocenters. The lowest BCUT2D eigenvalue weighted by Crippen LogP contribution is -2.38. The second-order valence-corrected chi connectivity index (χ2v) is 8.32. The minimum atomic E-state index is -3.62. The minimum absolute atomic E-state index is 0.0911. The molecule has 0 aliphatic carbocycles. The maximum absolute atomic E-state index is 12.7. The van der Waals surface area contributed by atoms with Gasteiger partial charge in [-0.1, -0.05) is 36.4 Å². The van der Waals surface area contributed by atoms with E-state index in [4.69, 9.17) is 4.74 Å². The highest BCUT2D eigenvalue weighted by molar-refractivity contribution is 7.89. The maximum atomic E-state index is 12.7. The van der Waals surface area contributed by atoms with Crippen LogP contribution in [0.3, 0.4) is 0 Å². The summed E-state index contributed by atoms with van der Waals surface area (Å²) in [7, 11) is -2.06. The van der Waals surface area contributed by atoms with Gasteiger partial charge in [0.05, 0.1) is 17.6 Å².